The first kappa shape index (κ1) is 16.5. The molecule has 0 spiro atoms. The second kappa shape index (κ2) is 5.65. The summed E-state index contributed by atoms with van der Waals surface area (Å²) in [6.07, 6.45) is 5.43. The van der Waals surface area contributed by atoms with Crippen LogP contribution < -0.4 is 5.32 Å². The van der Waals surface area contributed by atoms with Crippen molar-refractivity contribution in [3.63, 3.8) is 0 Å². The fraction of sp³-hybridized carbons (Fsp3) is 0.450. The van der Waals surface area contributed by atoms with Crippen LogP contribution in [0.5, 0.6) is 0 Å². The highest BCUT2D eigenvalue weighted by atomic mass is 127. The van der Waals surface area contributed by atoms with Gasteiger partial charge in [-0.05, 0) is 83.9 Å². The predicted octanol–water partition coefficient (Wildman–Crippen LogP) is 2.67. The topological polar surface area (TPSA) is 66.5 Å². The smallest absolute Gasteiger partial charge is 0.247 e. The fourth-order valence-electron chi connectivity index (χ4n) is 5.26. The number of anilines is 1. The van der Waals surface area contributed by atoms with Gasteiger partial charge in [0.1, 0.15) is 6.04 Å². The van der Waals surface area contributed by atoms with Gasteiger partial charge in [0.2, 0.25) is 17.7 Å². The molecule has 1 aromatic rings. The number of nitrogens with one attached hydrogen (secondary N) is 1. The van der Waals surface area contributed by atoms with Crippen LogP contribution in [0.3, 0.4) is 0 Å². The van der Waals surface area contributed by atoms with Crippen LogP contribution in [0.1, 0.15) is 13.3 Å². The molecule has 134 valence electrons. The summed E-state index contributed by atoms with van der Waals surface area (Å²) in [5.74, 6) is 0.357. The van der Waals surface area contributed by atoms with E-state index >= 15 is 0 Å². The number of hydrogen-bond acceptors (Lipinski definition) is 3. The minimum Gasteiger partial charge on any atom is -0.324 e. The van der Waals surface area contributed by atoms with Crippen LogP contribution in [0, 0.1) is 39.1 Å². The molecule has 1 aromatic carbocycles. The van der Waals surface area contributed by atoms with Crippen LogP contribution in [0.15, 0.2) is 36.4 Å². The Balaban J connectivity index is 1.37. The van der Waals surface area contributed by atoms with Crippen molar-refractivity contribution in [1.29, 1.82) is 0 Å². The maximum atomic E-state index is 13.0. The molecule has 1 aliphatic heterocycles. The van der Waals surface area contributed by atoms with Crippen molar-refractivity contribution in [3.8, 4) is 0 Å². The molecule has 7 atom stereocenters. The standard InChI is InChI=1S/C20H19IN2O3/c1-9(18(24)22-11-4-2-10(21)3-5-11)23-19(25)16-12-6-7-13(15-8-14(12)15)17(16)20(23)26/h2-7,9,12-17H,8H2,1H3,(H,22,24)/t9-,12-,13+,14-,15+,16-,17+/m0/s1. The van der Waals surface area contributed by atoms with Crippen LogP contribution >= 0.6 is 22.6 Å². The first-order valence-electron chi connectivity index (χ1n) is 9.09. The van der Waals surface area contributed by atoms with Gasteiger partial charge in [0.05, 0.1) is 11.8 Å². The third kappa shape index (κ3) is 2.23. The Morgan fingerprint density at radius 2 is 1.62 bits per heavy atom. The zero-order chi connectivity index (χ0) is 18.2. The number of halogens is 1. The quantitative estimate of drug-likeness (QED) is 0.427. The van der Waals surface area contributed by atoms with Crippen LogP contribution in [0.25, 0.3) is 0 Å². The van der Waals surface area contributed by atoms with E-state index in [0.717, 1.165) is 9.99 Å². The van der Waals surface area contributed by atoms with E-state index in [1.165, 1.54) is 4.90 Å². The molecule has 0 radical (unpaired) electrons. The molecule has 6 heteroatoms. The second-order valence-corrected chi connectivity index (χ2v) is 9.12. The fourth-order valence-corrected chi connectivity index (χ4v) is 5.62. The number of amides is 3. The Hall–Kier alpha value is -1.70. The lowest BCUT2D eigenvalue weighted by Crippen LogP contribution is -2.46. The van der Waals surface area contributed by atoms with E-state index in [1.807, 2.05) is 24.3 Å². The molecule has 0 unspecified atom stereocenters. The van der Waals surface area contributed by atoms with Gasteiger partial charge < -0.3 is 5.32 Å². The van der Waals surface area contributed by atoms with Gasteiger partial charge >= 0.3 is 0 Å². The number of nitrogens with zero attached hydrogens (tertiary/aromatic N) is 1. The lowest BCUT2D eigenvalue weighted by atomic mass is 9.63. The molecule has 5 aliphatic rings. The van der Waals surface area contributed by atoms with Gasteiger partial charge in [-0.15, -0.1) is 0 Å². The SMILES string of the molecule is C[C@@H](C(=O)Nc1ccc(I)cc1)N1C(=O)[C@@H]2[C@@H]3C=C[C@@H]([C@@H]4C[C@H]34)[C@@H]2C1=O. The van der Waals surface area contributed by atoms with E-state index in [9.17, 15) is 14.4 Å². The summed E-state index contributed by atoms with van der Waals surface area (Å²) in [6.45, 7) is 1.64. The molecule has 3 amide bonds. The molecule has 2 saturated carbocycles. The number of carbonyl (C=O) groups is 3. The first-order valence-corrected chi connectivity index (χ1v) is 10.2. The number of allylic oxidation sites excluding steroid dienone is 2. The van der Waals surface area contributed by atoms with Crippen molar-refractivity contribution in [2.45, 2.75) is 19.4 Å². The predicted molar refractivity (Wildman–Crippen MR) is 104 cm³/mol. The molecule has 1 N–H and O–H groups in total. The Bertz CT molecular complexity index is 813. The van der Waals surface area contributed by atoms with Gasteiger partial charge in [0, 0.05) is 9.26 Å². The highest BCUT2D eigenvalue weighted by molar-refractivity contribution is 14.1. The molecule has 0 aromatic heterocycles. The zero-order valence-corrected chi connectivity index (χ0v) is 16.4. The van der Waals surface area contributed by atoms with Gasteiger partial charge in [-0.3, -0.25) is 19.3 Å². The largest absolute Gasteiger partial charge is 0.324 e. The van der Waals surface area contributed by atoms with E-state index in [2.05, 4.69) is 40.1 Å². The maximum absolute atomic E-state index is 13.0. The van der Waals surface area contributed by atoms with Crippen molar-refractivity contribution in [2.75, 3.05) is 5.32 Å². The molecule has 2 bridgehead atoms. The minimum absolute atomic E-state index is 0.157. The van der Waals surface area contributed by atoms with Gasteiger partial charge in [0.15, 0.2) is 0 Å². The van der Waals surface area contributed by atoms with E-state index in [0.29, 0.717) is 17.5 Å². The van der Waals surface area contributed by atoms with Crippen LogP contribution in [0.2, 0.25) is 0 Å². The third-order valence-electron chi connectivity index (χ3n) is 6.58. The average Bonchev–Trinajstić information content (AvgIpc) is 3.41. The van der Waals surface area contributed by atoms with E-state index < -0.39 is 6.04 Å². The van der Waals surface area contributed by atoms with Gasteiger partial charge in [-0.25, -0.2) is 0 Å². The summed E-state index contributed by atoms with van der Waals surface area (Å²) in [6, 6.07) is 6.64. The average molecular weight is 462 g/mol. The molecule has 4 aliphatic carbocycles. The summed E-state index contributed by atoms with van der Waals surface area (Å²) in [5.41, 5.74) is 0.668. The lowest BCUT2D eigenvalue weighted by Gasteiger charge is -2.37. The van der Waals surface area contributed by atoms with E-state index in [4.69, 9.17) is 0 Å². The van der Waals surface area contributed by atoms with E-state index in [-0.39, 0.29) is 41.4 Å². The molecule has 5 nitrogen and oxygen atoms in total. The Morgan fingerprint density at radius 1 is 1.08 bits per heavy atom. The number of benzene rings is 1. The van der Waals surface area contributed by atoms with Gasteiger partial charge in [0.25, 0.3) is 0 Å². The Morgan fingerprint density at radius 3 is 2.15 bits per heavy atom. The summed E-state index contributed by atoms with van der Waals surface area (Å²) in [7, 11) is 0. The monoisotopic (exact) mass is 462 g/mol. The number of hydrogen-bond donors (Lipinski definition) is 1. The van der Waals surface area contributed by atoms with Crippen molar-refractivity contribution in [1.82, 2.24) is 4.90 Å². The molecule has 3 fully saturated rings. The lowest BCUT2D eigenvalue weighted by molar-refractivity contribution is -0.146. The summed E-state index contributed by atoms with van der Waals surface area (Å²) < 4.78 is 1.07. The summed E-state index contributed by atoms with van der Waals surface area (Å²) in [4.78, 5) is 40.0. The number of rotatable bonds is 3. The van der Waals surface area contributed by atoms with Crippen molar-refractivity contribution in [2.24, 2.45) is 35.5 Å². The highest BCUT2D eigenvalue weighted by Gasteiger charge is 2.67. The normalized spacial score (nSPS) is 37.4. The van der Waals surface area contributed by atoms with E-state index in [1.54, 1.807) is 6.92 Å². The molecule has 1 saturated heterocycles. The third-order valence-corrected chi connectivity index (χ3v) is 7.29. The summed E-state index contributed by atoms with van der Waals surface area (Å²) >= 11 is 2.20. The molecule has 26 heavy (non-hydrogen) atoms. The van der Waals surface area contributed by atoms with Crippen molar-refractivity contribution >= 4 is 46.0 Å². The number of likely N-dealkylation sites (tertiary alicyclic amines) is 1. The highest BCUT2D eigenvalue weighted by Crippen LogP contribution is 2.65. The molecule has 1 heterocycles. The maximum Gasteiger partial charge on any atom is 0.247 e. The van der Waals surface area contributed by atoms with Crippen molar-refractivity contribution < 1.29 is 14.4 Å². The first-order chi connectivity index (χ1) is 12.5. The minimum atomic E-state index is -0.796. The van der Waals surface area contributed by atoms with Crippen LogP contribution in [0.4, 0.5) is 5.69 Å². The Kier molecular flexibility index (Phi) is 3.58. The van der Waals surface area contributed by atoms with Crippen LogP contribution in [-0.4, -0.2) is 28.7 Å². The number of carbonyl (C=O) groups excluding carboxylic acids is 3. The zero-order valence-electron chi connectivity index (χ0n) is 14.3. The molecule has 6 rings (SSSR count). The molecular formula is C20H19IN2O3. The van der Waals surface area contributed by atoms with Crippen molar-refractivity contribution in [3.05, 3.63) is 40.0 Å². The number of imide groups is 1. The van der Waals surface area contributed by atoms with Gasteiger partial charge in [-0.2, -0.15) is 0 Å². The second-order valence-electron chi connectivity index (χ2n) is 7.87. The van der Waals surface area contributed by atoms with Crippen LogP contribution in [-0.2, 0) is 14.4 Å². The molecular weight excluding hydrogens is 443 g/mol. The Labute approximate surface area is 165 Å². The summed E-state index contributed by atoms with van der Waals surface area (Å²) in [5, 5.41) is 2.82. The van der Waals surface area contributed by atoms with Gasteiger partial charge in [-0.1, -0.05) is 12.2 Å².